The number of benzene rings is 1. The molecule has 3 nitrogen and oxygen atoms in total. The van der Waals surface area contributed by atoms with Crippen LogP contribution in [0.15, 0.2) is 53.4 Å². The molecule has 0 aliphatic carbocycles. The van der Waals surface area contributed by atoms with Crippen molar-refractivity contribution in [2.75, 3.05) is 12.3 Å². The SMILES string of the molecule is O=C(NCCSc1ccccc1)c1cccc(Cl)n1. The van der Waals surface area contributed by atoms with E-state index in [9.17, 15) is 4.79 Å². The molecule has 0 saturated carbocycles. The van der Waals surface area contributed by atoms with Gasteiger partial charge in [-0.3, -0.25) is 4.79 Å². The predicted octanol–water partition coefficient (Wildman–Crippen LogP) is 3.26. The molecule has 0 saturated heterocycles. The maximum Gasteiger partial charge on any atom is 0.269 e. The van der Waals surface area contributed by atoms with E-state index < -0.39 is 0 Å². The van der Waals surface area contributed by atoms with Crippen LogP contribution in [0, 0.1) is 0 Å². The van der Waals surface area contributed by atoms with Crippen LogP contribution in [0.4, 0.5) is 0 Å². The molecule has 0 aliphatic rings. The smallest absolute Gasteiger partial charge is 0.269 e. The van der Waals surface area contributed by atoms with E-state index >= 15 is 0 Å². The summed E-state index contributed by atoms with van der Waals surface area (Å²) in [5.74, 6) is 0.618. The van der Waals surface area contributed by atoms with Gasteiger partial charge >= 0.3 is 0 Å². The van der Waals surface area contributed by atoms with E-state index in [1.165, 1.54) is 4.90 Å². The number of hydrogen-bond donors (Lipinski definition) is 1. The lowest BCUT2D eigenvalue weighted by molar-refractivity contribution is 0.0951. The van der Waals surface area contributed by atoms with E-state index in [2.05, 4.69) is 10.3 Å². The van der Waals surface area contributed by atoms with E-state index in [-0.39, 0.29) is 5.91 Å². The van der Waals surface area contributed by atoms with E-state index in [0.29, 0.717) is 17.4 Å². The van der Waals surface area contributed by atoms with Crippen molar-refractivity contribution in [2.45, 2.75) is 4.90 Å². The second-order valence-corrected chi connectivity index (χ2v) is 5.32. The average molecular weight is 293 g/mol. The molecule has 0 atom stereocenters. The number of hydrogen-bond acceptors (Lipinski definition) is 3. The predicted molar refractivity (Wildman–Crippen MR) is 78.7 cm³/mol. The van der Waals surface area contributed by atoms with Gasteiger partial charge in [-0.25, -0.2) is 4.98 Å². The summed E-state index contributed by atoms with van der Waals surface area (Å²) in [6, 6.07) is 15.1. The Hall–Kier alpha value is -1.52. The monoisotopic (exact) mass is 292 g/mol. The summed E-state index contributed by atoms with van der Waals surface area (Å²) in [7, 11) is 0. The van der Waals surface area contributed by atoms with Gasteiger partial charge < -0.3 is 5.32 Å². The normalized spacial score (nSPS) is 10.2. The zero-order chi connectivity index (χ0) is 13.5. The Morgan fingerprint density at radius 3 is 2.68 bits per heavy atom. The number of carbonyl (C=O) groups is 1. The van der Waals surface area contributed by atoms with Gasteiger partial charge in [0.1, 0.15) is 10.8 Å². The van der Waals surface area contributed by atoms with Crippen molar-refractivity contribution in [3.63, 3.8) is 0 Å². The molecule has 5 heteroatoms. The molecular weight excluding hydrogens is 280 g/mol. The summed E-state index contributed by atoms with van der Waals surface area (Å²) < 4.78 is 0. The summed E-state index contributed by atoms with van der Waals surface area (Å²) >= 11 is 7.43. The molecule has 0 unspecified atom stereocenters. The van der Waals surface area contributed by atoms with Gasteiger partial charge in [0.05, 0.1) is 0 Å². The highest BCUT2D eigenvalue weighted by atomic mass is 35.5. The third kappa shape index (κ3) is 4.58. The van der Waals surface area contributed by atoms with Gasteiger partial charge in [-0.2, -0.15) is 0 Å². The van der Waals surface area contributed by atoms with Crippen molar-refractivity contribution in [3.05, 3.63) is 59.4 Å². The summed E-state index contributed by atoms with van der Waals surface area (Å²) in [6.07, 6.45) is 0. The van der Waals surface area contributed by atoms with Crippen LogP contribution in [-0.2, 0) is 0 Å². The Kier molecular flexibility index (Phi) is 5.24. The van der Waals surface area contributed by atoms with Crippen LogP contribution < -0.4 is 5.32 Å². The molecule has 2 rings (SSSR count). The first kappa shape index (κ1) is 13.9. The quantitative estimate of drug-likeness (QED) is 0.522. The Bertz CT molecular complexity index is 548. The van der Waals surface area contributed by atoms with Crippen molar-refractivity contribution in [1.29, 1.82) is 0 Å². The molecule has 0 spiro atoms. The molecule has 98 valence electrons. The lowest BCUT2D eigenvalue weighted by Crippen LogP contribution is -2.26. The molecule has 0 bridgehead atoms. The second-order valence-electron chi connectivity index (χ2n) is 3.76. The van der Waals surface area contributed by atoms with Crippen LogP contribution in [-0.4, -0.2) is 23.2 Å². The molecule has 1 aromatic heterocycles. The van der Waals surface area contributed by atoms with Gasteiger partial charge in [0, 0.05) is 17.2 Å². The number of pyridine rings is 1. The minimum atomic E-state index is -0.198. The number of nitrogens with one attached hydrogen (secondary N) is 1. The van der Waals surface area contributed by atoms with Gasteiger partial charge in [0.2, 0.25) is 0 Å². The fourth-order valence-corrected chi connectivity index (χ4v) is 2.43. The van der Waals surface area contributed by atoms with Crippen molar-refractivity contribution >= 4 is 29.3 Å². The minimum absolute atomic E-state index is 0.198. The maximum atomic E-state index is 11.8. The molecule has 0 aliphatic heterocycles. The zero-order valence-corrected chi connectivity index (χ0v) is 11.7. The lowest BCUT2D eigenvalue weighted by atomic mass is 10.3. The summed E-state index contributed by atoms with van der Waals surface area (Å²) in [5.41, 5.74) is 0.345. The van der Waals surface area contributed by atoms with Crippen molar-refractivity contribution in [2.24, 2.45) is 0 Å². The first-order valence-corrected chi connectivity index (χ1v) is 7.20. The number of carbonyl (C=O) groups excluding carboxylic acids is 1. The van der Waals surface area contributed by atoms with Crippen molar-refractivity contribution in [3.8, 4) is 0 Å². The molecule has 1 N–H and O–H groups in total. The lowest BCUT2D eigenvalue weighted by Gasteiger charge is -2.05. The molecule has 1 heterocycles. The first-order chi connectivity index (χ1) is 9.25. The third-order valence-electron chi connectivity index (χ3n) is 2.35. The van der Waals surface area contributed by atoms with E-state index in [0.717, 1.165) is 5.75 Å². The van der Waals surface area contributed by atoms with Gasteiger partial charge in [-0.1, -0.05) is 35.9 Å². The average Bonchev–Trinajstić information content (AvgIpc) is 2.44. The molecule has 19 heavy (non-hydrogen) atoms. The highest BCUT2D eigenvalue weighted by molar-refractivity contribution is 7.99. The maximum absolute atomic E-state index is 11.8. The molecule has 0 radical (unpaired) electrons. The van der Waals surface area contributed by atoms with Crippen molar-refractivity contribution < 1.29 is 4.79 Å². The van der Waals surface area contributed by atoms with Gasteiger partial charge in [0.25, 0.3) is 5.91 Å². The van der Waals surface area contributed by atoms with E-state index in [4.69, 9.17) is 11.6 Å². The van der Waals surface area contributed by atoms with E-state index in [1.807, 2.05) is 30.3 Å². The number of thioether (sulfide) groups is 1. The molecule has 0 fully saturated rings. The third-order valence-corrected chi connectivity index (χ3v) is 3.57. The van der Waals surface area contributed by atoms with Crippen molar-refractivity contribution in [1.82, 2.24) is 10.3 Å². The first-order valence-electron chi connectivity index (χ1n) is 5.84. The highest BCUT2D eigenvalue weighted by Crippen LogP contribution is 2.15. The fourth-order valence-electron chi connectivity index (χ4n) is 1.48. The van der Waals surface area contributed by atoms with Gasteiger partial charge in [-0.05, 0) is 24.3 Å². The zero-order valence-electron chi connectivity index (χ0n) is 10.2. The van der Waals surface area contributed by atoms with Crippen LogP contribution >= 0.6 is 23.4 Å². The van der Waals surface area contributed by atoms with Crippen LogP contribution in [0.5, 0.6) is 0 Å². The standard InChI is InChI=1S/C14H13ClN2OS/c15-13-8-4-7-12(17-13)14(18)16-9-10-19-11-5-2-1-3-6-11/h1-8H,9-10H2,(H,16,18). The number of rotatable bonds is 5. The molecular formula is C14H13ClN2OS. The summed E-state index contributed by atoms with van der Waals surface area (Å²) in [5, 5.41) is 3.14. The minimum Gasteiger partial charge on any atom is -0.350 e. The largest absolute Gasteiger partial charge is 0.350 e. The summed E-state index contributed by atoms with van der Waals surface area (Å²) in [6.45, 7) is 0.590. The highest BCUT2D eigenvalue weighted by Gasteiger charge is 2.06. The number of amides is 1. The van der Waals surface area contributed by atoms with E-state index in [1.54, 1.807) is 30.0 Å². The Balaban J connectivity index is 1.75. The summed E-state index contributed by atoms with van der Waals surface area (Å²) in [4.78, 5) is 16.9. The number of nitrogens with zero attached hydrogens (tertiary/aromatic N) is 1. The van der Waals surface area contributed by atoms with Gasteiger partial charge in [-0.15, -0.1) is 11.8 Å². The van der Waals surface area contributed by atoms with Gasteiger partial charge in [0.15, 0.2) is 0 Å². The van der Waals surface area contributed by atoms with Crippen LogP contribution in [0.25, 0.3) is 0 Å². The molecule has 1 amide bonds. The Morgan fingerprint density at radius 1 is 1.16 bits per heavy atom. The molecule has 2 aromatic rings. The second kappa shape index (κ2) is 7.16. The topological polar surface area (TPSA) is 42.0 Å². The number of aromatic nitrogens is 1. The Morgan fingerprint density at radius 2 is 1.95 bits per heavy atom. The van der Waals surface area contributed by atoms with Crippen LogP contribution in [0.1, 0.15) is 10.5 Å². The van der Waals surface area contributed by atoms with Crippen LogP contribution in [0.3, 0.4) is 0 Å². The van der Waals surface area contributed by atoms with Crippen LogP contribution in [0.2, 0.25) is 5.15 Å². The number of halogens is 1. The fraction of sp³-hybridized carbons (Fsp3) is 0.143. The molecule has 1 aromatic carbocycles. The Labute approximate surface area is 121 Å².